The Morgan fingerprint density at radius 2 is 2.00 bits per heavy atom. The maximum Gasteiger partial charge on any atom is 0.128 e. The Hall–Kier alpha value is -1.37. The van der Waals surface area contributed by atoms with Gasteiger partial charge in [-0.05, 0) is 30.4 Å². The van der Waals surface area contributed by atoms with Gasteiger partial charge in [-0.15, -0.1) is 0 Å². The first-order valence-electron chi connectivity index (χ1n) is 7.28. The fraction of sp³-hybridized carbons (Fsp3) is 0.529. The van der Waals surface area contributed by atoms with Crippen LogP contribution in [0.5, 0.6) is 0 Å². The molecular weight excluding hydrogens is 251 g/mol. The highest BCUT2D eigenvalue weighted by Gasteiger charge is 2.22. The van der Waals surface area contributed by atoms with E-state index in [1.54, 1.807) is 0 Å². The van der Waals surface area contributed by atoms with Crippen LogP contribution in [0.2, 0.25) is 0 Å². The summed E-state index contributed by atoms with van der Waals surface area (Å²) in [5.74, 6) is 6.82. The number of rotatable bonds is 2. The van der Waals surface area contributed by atoms with Crippen LogP contribution in [0.3, 0.4) is 0 Å². The fourth-order valence-electron chi connectivity index (χ4n) is 3.07. The molecule has 0 amide bonds. The SMILES string of the molecule is CC1CC(C)CN(Cc2ccc(C#CCN)cc2F)C1. The molecule has 0 spiro atoms. The third-order valence-electron chi connectivity index (χ3n) is 3.73. The van der Waals surface area contributed by atoms with Gasteiger partial charge in [-0.2, -0.15) is 0 Å². The normalized spacial score (nSPS) is 23.2. The third-order valence-corrected chi connectivity index (χ3v) is 3.73. The molecule has 1 aliphatic rings. The van der Waals surface area contributed by atoms with Gasteiger partial charge in [0.2, 0.25) is 0 Å². The average Bonchev–Trinajstić information content (AvgIpc) is 2.38. The zero-order valence-electron chi connectivity index (χ0n) is 12.3. The second-order valence-corrected chi connectivity index (χ2v) is 5.95. The topological polar surface area (TPSA) is 29.3 Å². The molecule has 0 bridgehead atoms. The van der Waals surface area contributed by atoms with Crippen LogP contribution in [0.1, 0.15) is 31.4 Å². The molecule has 3 heteroatoms. The highest BCUT2D eigenvalue weighted by Crippen LogP contribution is 2.23. The van der Waals surface area contributed by atoms with E-state index in [1.807, 2.05) is 12.1 Å². The second-order valence-electron chi connectivity index (χ2n) is 5.95. The van der Waals surface area contributed by atoms with Gasteiger partial charge in [0.05, 0.1) is 6.54 Å². The van der Waals surface area contributed by atoms with E-state index in [2.05, 4.69) is 30.6 Å². The predicted molar refractivity (Wildman–Crippen MR) is 80.6 cm³/mol. The first-order chi connectivity index (χ1) is 9.58. The van der Waals surface area contributed by atoms with Crippen LogP contribution in [0, 0.1) is 29.5 Å². The molecule has 0 saturated carbocycles. The monoisotopic (exact) mass is 274 g/mol. The zero-order chi connectivity index (χ0) is 14.5. The highest BCUT2D eigenvalue weighted by molar-refractivity contribution is 5.37. The summed E-state index contributed by atoms with van der Waals surface area (Å²) >= 11 is 0. The number of hydrogen-bond acceptors (Lipinski definition) is 2. The number of hydrogen-bond donors (Lipinski definition) is 1. The molecular formula is C17H23FN2. The van der Waals surface area contributed by atoms with Gasteiger partial charge >= 0.3 is 0 Å². The molecule has 20 heavy (non-hydrogen) atoms. The van der Waals surface area contributed by atoms with Gasteiger partial charge in [-0.1, -0.05) is 31.8 Å². The maximum atomic E-state index is 14.1. The Labute approximate surface area is 121 Å². The summed E-state index contributed by atoms with van der Waals surface area (Å²) in [4.78, 5) is 2.35. The molecule has 2 N–H and O–H groups in total. The first-order valence-corrected chi connectivity index (χ1v) is 7.28. The minimum Gasteiger partial charge on any atom is -0.320 e. The number of nitrogens with two attached hydrogens (primary N) is 1. The summed E-state index contributed by atoms with van der Waals surface area (Å²) in [5, 5.41) is 0. The van der Waals surface area contributed by atoms with E-state index >= 15 is 0 Å². The molecule has 2 unspecified atom stereocenters. The van der Waals surface area contributed by atoms with E-state index in [-0.39, 0.29) is 5.82 Å². The van der Waals surface area contributed by atoms with Crippen molar-refractivity contribution < 1.29 is 4.39 Å². The van der Waals surface area contributed by atoms with E-state index in [9.17, 15) is 4.39 Å². The van der Waals surface area contributed by atoms with Gasteiger partial charge in [-0.3, -0.25) is 4.90 Å². The summed E-state index contributed by atoms with van der Waals surface area (Å²) in [6.45, 7) is 7.63. The molecule has 2 rings (SSSR count). The molecule has 2 nitrogen and oxygen atoms in total. The van der Waals surface area contributed by atoms with Crippen molar-refractivity contribution in [2.75, 3.05) is 19.6 Å². The summed E-state index contributed by atoms with van der Waals surface area (Å²) in [7, 11) is 0. The van der Waals surface area contributed by atoms with E-state index in [4.69, 9.17) is 5.73 Å². The van der Waals surface area contributed by atoms with E-state index in [1.165, 1.54) is 12.5 Å². The van der Waals surface area contributed by atoms with Gasteiger partial charge in [0.15, 0.2) is 0 Å². The molecule has 2 atom stereocenters. The van der Waals surface area contributed by atoms with Crippen molar-refractivity contribution in [3.63, 3.8) is 0 Å². The average molecular weight is 274 g/mol. The van der Waals surface area contributed by atoms with Crippen molar-refractivity contribution in [3.8, 4) is 11.8 Å². The van der Waals surface area contributed by atoms with E-state index in [0.717, 1.165) is 18.7 Å². The van der Waals surface area contributed by atoms with Crippen molar-refractivity contribution >= 4 is 0 Å². The first kappa shape index (κ1) is 15.0. The summed E-state index contributed by atoms with van der Waals surface area (Å²) in [6, 6.07) is 5.23. The lowest BCUT2D eigenvalue weighted by Gasteiger charge is -2.35. The maximum absolute atomic E-state index is 14.1. The number of benzene rings is 1. The van der Waals surface area contributed by atoms with Crippen molar-refractivity contribution in [1.82, 2.24) is 4.90 Å². The molecule has 0 aromatic heterocycles. The lowest BCUT2D eigenvalue weighted by Crippen LogP contribution is -2.38. The standard InChI is InChI=1S/C17H23FN2/c1-13-8-14(2)11-20(10-13)12-16-6-5-15(4-3-7-19)9-17(16)18/h5-6,9,13-14H,7-8,10-12,19H2,1-2H3. The molecule has 0 aliphatic carbocycles. The van der Waals surface area contributed by atoms with Crippen molar-refractivity contribution in [3.05, 3.63) is 35.1 Å². The summed E-state index contributed by atoms with van der Waals surface area (Å²) in [6.07, 6.45) is 1.27. The van der Waals surface area contributed by atoms with E-state index < -0.39 is 0 Å². The fourth-order valence-corrected chi connectivity index (χ4v) is 3.07. The Kier molecular flexibility index (Phi) is 5.17. The highest BCUT2D eigenvalue weighted by atomic mass is 19.1. The summed E-state index contributed by atoms with van der Waals surface area (Å²) in [5.41, 5.74) is 6.77. The molecule has 0 radical (unpaired) electrons. The van der Waals surface area contributed by atoms with Gasteiger partial charge in [0, 0.05) is 30.8 Å². The van der Waals surface area contributed by atoms with E-state index in [0.29, 0.717) is 30.5 Å². The number of halogens is 1. The molecule has 1 saturated heterocycles. The Morgan fingerprint density at radius 3 is 2.60 bits per heavy atom. The van der Waals surface area contributed by atoms with Gasteiger partial charge in [-0.25, -0.2) is 4.39 Å². The van der Waals surface area contributed by atoms with Crippen LogP contribution in [0.25, 0.3) is 0 Å². The number of nitrogens with zero attached hydrogens (tertiary/aromatic N) is 1. The quantitative estimate of drug-likeness (QED) is 0.840. The lowest BCUT2D eigenvalue weighted by molar-refractivity contribution is 0.133. The molecule has 108 valence electrons. The van der Waals surface area contributed by atoms with Gasteiger partial charge < -0.3 is 5.73 Å². The van der Waals surface area contributed by atoms with Crippen molar-refractivity contribution in [1.29, 1.82) is 0 Å². The van der Waals surface area contributed by atoms with Crippen LogP contribution in [-0.4, -0.2) is 24.5 Å². The molecule has 1 aromatic carbocycles. The van der Waals surface area contributed by atoms with Crippen molar-refractivity contribution in [2.45, 2.75) is 26.8 Å². The largest absolute Gasteiger partial charge is 0.320 e. The van der Waals surface area contributed by atoms with Gasteiger partial charge in [0.1, 0.15) is 5.82 Å². The Bertz CT molecular complexity index is 505. The van der Waals surface area contributed by atoms with Crippen LogP contribution < -0.4 is 5.73 Å². The minimum absolute atomic E-state index is 0.167. The molecule has 1 aromatic rings. The van der Waals surface area contributed by atoms with Crippen LogP contribution in [0.15, 0.2) is 18.2 Å². The predicted octanol–water partition coefficient (Wildman–Crippen LogP) is 2.61. The van der Waals surface area contributed by atoms with Crippen molar-refractivity contribution in [2.24, 2.45) is 17.6 Å². The van der Waals surface area contributed by atoms with Crippen LogP contribution >= 0.6 is 0 Å². The Morgan fingerprint density at radius 1 is 1.30 bits per heavy atom. The van der Waals surface area contributed by atoms with Crippen LogP contribution in [-0.2, 0) is 6.54 Å². The lowest BCUT2D eigenvalue weighted by atomic mass is 9.91. The third kappa shape index (κ3) is 4.06. The smallest absolute Gasteiger partial charge is 0.128 e. The molecule has 1 aliphatic heterocycles. The zero-order valence-corrected chi connectivity index (χ0v) is 12.3. The molecule has 1 heterocycles. The summed E-state index contributed by atoms with van der Waals surface area (Å²) < 4.78 is 14.1. The second kappa shape index (κ2) is 6.88. The number of likely N-dealkylation sites (tertiary alicyclic amines) is 1. The van der Waals surface area contributed by atoms with Gasteiger partial charge in [0.25, 0.3) is 0 Å². The Balaban J connectivity index is 2.06. The van der Waals surface area contributed by atoms with Crippen LogP contribution in [0.4, 0.5) is 4.39 Å². The minimum atomic E-state index is -0.167. The number of piperidine rings is 1. The molecule has 1 fully saturated rings.